The van der Waals surface area contributed by atoms with Gasteiger partial charge in [-0.1, -0.05) is 25.5 Å². The molecule has 2 rings (SSSR count). The first kappa shape index (κ1) is 12.6. The Morgan fingerprint density at radius 2 is 2.22 bits per heavy atom. The summed E-state index contributed by atoms with van der Waals surface area (Å²) in [6, 6.07) is 6.69. The summed E-state index contributed by atoms with van der Waals surface area (Å²) in [6.07, 6.45) is 1.47. The largest absolute Gasteiger partial charge is 0.323 e. The molecule has 0 spiro atoms. The minimum Gasteiger partial charge on any atom is -0.323 e. The fourth-order valence-corrected chi connectivity index (χ4v) is 2.06. The van der Waals surface area contributed by atoms with Gasteiger partial charge in [0.25, 0.3) is 0 Å². The Morgan fingerprint density at radius 3 is 2.94 bits per heavy atom. The number of carbonyl (C=O) groups is 2. The normalized spacial score (nSPS) is 15.9. The van der Waals surface area contributed by atoms with Crippen molar-refractivity contribution in [2.24, 2.45) is 5.73 Å². The van der Waals surface area contributed by atoms with Crippen LogP contribution in [-0.2, 0) is 9.59 Å². The van der Waals surface area contributed by atoms with Crippen LogP contribution in [0.25, 0.3) is 0 Å². The summed E-state index contributed by atoms with van der Waals surface area (Å²) in [7, 11) is 0. The summed E-state index contributed by atoms with van der Waals surface area (Å²) in [5.74, 6) is -0.384. The van der Waals surface area contributed by atoms with Crippen LogP contribution < -0.4 is 16.0 Å². The molecule has 96 valence electrons. The first-order chi connectivity index (χ1) is 8.63. The van der Waals surface area contributed by atoms with Gasteiger partial charge in [-0.3, -0.25) is 14.5 Å². The second-order valence-electron chi connectivity index (χ2n) is 4.38. The summed E-state index contributed by atoms with van der Waals surface area (Å²) in [5.41, 5.74) is 7.21. The van der Waals surface area contributed by atoms with Crippen molar-refractivity contribution in [3.05, 3.63) is 24.3 Å². The number of para-hydroxylation sites is 2. The maximum atomic E-state index is 12.2. The highest BCUT2D eigenvalue weighted by Gasteiger charge is 2.29. The summed E-state index contributed by atoms with van der Waals surface area (Å²) in [6.45, 7) is 2.01. The van der Waals surface area contributed by atoms with Crippen LogP contribution in [0.4, 0.5) is 11.4 Å². The van der Waals surface area contributed by atoms with Crippen LogP contribution in [0.3, 0.4) is 0 Å². The van der Waals surface area contributed by atoms with Crippen LogP contribution in [0, 0.1) is 0 Å². The first-order valence-corrected chi connectivity index (χ1v) is 6.09. The van der Waals surface area contributed by atoms with Crippen molar-refractivity contribution in [1.29, 1.82) is 0 Å². The molecule has 0 aliphatic carbocycles. The van der Waals surface area contributed by atoms with Gasteiger partial charge in [-0.05, 0) is 18.6 Å². The molecule has 1 aromatic rings. The molecule has 1 aromatic carbocycles. The summed E-state index contributed by atoms with van der Waals surface area (Å²) in [4.78, 5) is 25.3. The molecular formula is C13H17N3O2. The van der Waals surface area contributed by atoms with Gasteiger partial charge >= 0.3 is 0 Å². The van der Waals surface area contributed by atoms with Gasteiger partial charge in [-0.15, -0.1) is 0 Å². The van der Waals surface area contributed by atoms with Gasteiger partial charge in [0, 0.05) is 0 Å². The number of anilines is 2. The van der Waals surface area contributed by atoms with E-state index in [-0.39, 0.29) is 18.4 Å². The van der Waals surface area contributed by atoms with E-state index in [9.17, 15) is 9.59 Å². The predicted octanol–water partition coefficient (Wildman–Crippen LogP) is 1.10. The van der Waals surface area contributed by atoms with E-state index in [0.29, 0.717) is 17.8 Å². The smallest absolute Gasteiger partial charge is 0.244 e. The Kier molecular flexibility index (Phi) is 3.62. The molecule has 1 heterocycles. The lowest BCUT2D eigenvalue weighted by Crippen LogP contribution is -2.49. The number of carbonyl (C=O) groups excluding carboxylic acids is 2. The van der Waals surface area contributed by atoms with Crippen LogP contribution in [-0.4, -0.2) is 24.4 Å². The molecule has 1 aliphatic heterocycles. The quantitative estimate of drug-likeness (QED) is 0.839. The van der Waals surface area contributed by atoms with Crippen LogP contribution in [0.2, 0.25) is 0 Å². The zero-order valence-electron chi connectivity index (χ0n) is 10.3. The maximum absolute atomic E-state index is 12.2. The maximum Gasteiger partial charge on any atom is 0.244 e. The van der Waals surface area contributed by atoms with Gasteiger partial charge in [-0.25, -0.2) is 0 Å². The standard InChI is InChI=1S/C13H17N3O2/c1-2-5-9(14)13(18)16-8-12(17)15-10-6-3-4-7-11(10)16/h3-4,6-7,9H,2,5,8,14H2,1H3,(H,15,17). The number of amides is 2. The van der Waals surface area contributed by atoms with E-state index in [1.165, 1.54) is 4.90 Å². The Balaban J connectivity index is 2.28. The molecule has 1 atom stereocenters. The topological polar surface area (TPSA) is 75.4 Å². The Labute approximate surface area is 106 Å². The molecule has 0 saturated heterocycles. The van der Waals surface area contributed by atoms with Crippen molar-refractivity contribution in [3.8, 4) is 0 Å². The average molecular weight is 247 g/mol. The van der Waals surface area contributed by atoms with Crippen molar-refractivity contribution in [3.63, 3.8) is 0 Å². The molecule has 3 N–H and O–H groups in total. The monoisotopic (exact) mass is 247 g/mol. The molecule has 0 fully saturated rings. The molecule has 1 aliphatic rings. The Hall–Kier alpha value is -1.88. The van der Waals surface area contributed by atoms with Gasteiger partial charge in [0.1, 0.15) is 6.54 Å². The van der Waals surface area contributed by atoms with E-state index in [0.717, 1.165) is 6.42 Å². The van der Waals surface area contributed by atoms with E-state index in [4.69, 9.17) is 5.73 Å². The molecule has 0 aromatic heterocycles. The van der Waals surface area contributed by atoms with Gasteiger partial charge in [0.15, 0.2) is 0 Å². The summed E-state index contributed by atoms with van der Waals surface area (Å²) in [5, 5.41) is 2.74. The third-order valence-corrected chi connectivity index (χ3v) is 2.95. The van der Waals surface area contributed by atoms with Gasteiger partial charge in [0.2, 0.25) is 11.8 Å². The zero-order chi connectivity index (χ0) is 13.1. The predicted molar refractivity (Wildman–Crippen MR) is 70.3 cm³/mol. The number of hydrogen-bond donors (Lipinski definition) is 2. The molecule has 0 saturated carbocycles. The number of nitrogens with one attached hydrogen (secondary N) is 1. The molecule has 18 heavy (non-hydrogen) atoms. The lowest BCUT2D eigenvalue weighted by molar-refractivity contribution is -0.122. The molecule has 1 unspecified atom stereocenters. The van der Waals surface area contributed by atoms with Crippen molar-refractivity contribution >= 4 is 23.2 Å². The fraction of sp³-hybridized carbons (Fsp3) is 0.385. The fourth-order valence-electron chi connectivity index (χ4n) is 2.06. The number of rotatable bonds is 3. The van der Waals surface area contributed by atoms with E-state index in [1.807, 2.05) is 25.1 Å². The SMILES string of the molecule is CCCC(N)C(=O)N1CC(=O)Nc2ccccc21. The third-order valence-electron chi connectivity index (χ3n) is 2.95. The average Bonchev–Trinajstić information content (AvgIpc) is 2.37. The molecule has 0 radical (unpaired) electrons. The van der Waals surface area contributed by atoms with E-state index >= 15 is 0 Å². The highest BCUT2D eigenvalue weighted by molar-refractivity contribution is 6.11. The molecule has 0 bridgehead atoms. The number of hydrogen-bond acceptors (Lipinski definition) is 3. The van der Waals surface area contributed by atoms with Gasteiger partial charge in [-0.2, -0.15) is 0 Å². The minimum atomic E-state index is -0.547. The lowest BCUT2D eigenvalue weighted by atomic mass is 10.1. The zero-order valence-corrected chi connectivity index (χ0v) is 10.3. The van der Waals surface area contributed by atoms with Crippen LogP contribution in [0.5, 0.6) is 0 Å². The summed E-state index contributed by atoms with van der Waals surface area (Å²) < 4.78 is 0. The first-order valence-electron chi connectivity index (χ1n) is 6.09. The van der Waals surface area contributed by atoms with Gasteiger partial charge < -0.3 is 11.1 Å². The van der Waals surface area contributed by atoms with E-state index in [2.05, 4.69) is 5.32 Å². The summed E-state index contributed by atoms with van der Waals surface area (Å²) >= 11 is 0. The highest BCUT2D eigenvalue weighted by Crippen LogP contribution is 2.29. The minimum absolute atomic E-state index is 0.0350. The molecular weight excluding hydrogens is 230 g/mol. The number of benzene rings is 1. The molecule has 2 amide bonds. The van der Waals surface area contributed by atoms with Crippen LogP contribution in [0.15, 0.2) is 24.3 Å². The van der Waals surface area contributed by atoms with E-state index < -0.39 is 6.04 Å². The Morgan fingerprint density at radius 1 is 1.50 bits per heavy atom. The molecule has 5 nitrogen and oxygen atoms in total. The second kappa shape index (κ2) is 5.18. The molecule has 5 heteroatoms. The Bertz CT molecular complexity index is 473. The van der Waals surface area contributed by atoms with Crippen LogP contribution >= 0.6 is 0 Å². The van der Waals surface area contributed by atoms with Crippen molar-refractivity contribution in [2.45, 2.75) is 25.8 Å². The van der Waals surface area contributed by atoms with Crippen LogP contribution in [0.1, 0.15) is 19.8 Å². The number of fused-ring (bicyclic) bond motifs is 1. The lowest BCUT2D eigenvalue weighted by Gasteiger charge is -2.30. The van der Waals surface area contributed by atoms with Gasteiger partial charge in [0.05, 0.1) is 17.4 Å². The number of nitrogens with two attached hydrogens (primary N) is 1. The van der Waals surface area contributed by atoms with E-state index in [1.54, 1.807) is 6.07 Å². The van der Waals surface area contributed by atoms with Crippen molar-refractivity contribution < 1.29 is 9.59 Å². The highest BCUT2D eigenvalue weighted by atomic mass is 16.2. The van der Waals surface area contributed by atoms with Crippen molar-refractivity contribution in [2.75, 3.05) is 16.8 Å². The third kappa shape index (κ3) is 2.36. The number of nitrogens with zero attached hydrogens (tertiary/aromatic N) is 1. The second-order valence-corrected chi connectivity index (χ2v) is 4.38. The van der Waals surface area contributed by atoms with Crippen molar-refractivity contribution in [1.82, 2.24) is 0 Å².